The van der Waals surface area contributed by atoms with Gasteiger partial charge in [0.2, 0.25) is 11.8 Å². The molecule has 2 aliphatic rings. The molecule has 3 heterocycles. The molecule has 2 unspecified atom stereocenters. The number of hydrogen-bond donors (Lipinski definition) is 1. The molecule has 1 fully saturated rings. The van der Waals surface area contributed by atoms with Crippen LogP contribution in [0.1, 0.15) is 62.8 Å². The molecule has 5 nitrogen and oxygen atoms in total. The standard InChI is InChI=1S/C21H33N3O2S/c1-3-8-18(21(26)24-13-9-19-17(15-24)10-14-27-19)22-20(25)16(2)23-11-6-4-5-7-12-23/h10,14,16,18H,3-9,11-13,15H2,1-2H3,(H,22,25). The molecule has 27 heavy (non-hydrogen) atoms. The van der Waals surface area contributed by atoms with Gasteiger partial charge in [-0.05, 0) is 62.7 Å². The van der Waals surface area contributed by atoms with E-state index in [-0.39, 0.29) is 17.9 Å². The Morgan fingerprint density at radius 1 is 1.19 bits per heavy atom. The van der Waals surface area contributed by atoms with E-state index in [4.69, 9.17) is 0 Å². The summed E-state index contributed by atoms with van der Waals surface area (Å²) in [5.74, 6) is 0.0713. The number of nitrogens with zero attached hydrogens (tertiary/aromatic N) is 2. The van der Waals surface area contributed by atoms with E-state index >= 15 is 0 Å². The van der Waals surface area contributed by atoms with Crippen LogP contribution >= 0.6 is 11.3 Å². The van der Waals surface area contributed by atoms with Crippen LogP contribution in [0.25, 0.3) is 0 Å². The van der Waals surface area contributed by atoms with Crippen LogP contribution in [-0.4, -0.2) is 53.3 Å². The molecule has 0 saturated carbocycles. The first-order valence-electron chi connectivity index (χ1n) is 10.5. The molecule has 0 aromatic carbocycles. The summed E-state index contributed by atoms with van der Waals surface area (Å²) in [4.78, 5) is 31.6. The maximum Gasteiger partial charge on any atom is 0.245 e. The van der Waals surface area contributed by atoms with Gasteiger partial charge in [0.15, 0.2) is 0 Å². The molecule has 0 bridgehead atoms. The fourth-order valence-corrected chi connectivity index (χ4v) is 5.03. The highest BCUT2D eigenvalue weighted by Gasteiger charge is 2.30. The average molecular weight is 392 g/mol. The van der Waals surface area contributed by atoms with Gasteiger partial charge in [-0.1, -0.05) is 26.2 Å². The third-order valence-corrected chi connectivity index (χ3v) is 6.90. The molecular formula is C21H33N3O2S. The molecule has 3 rings (SSSR count). The van der Waals surface area contributed by atoms with Crippen molar-refractivity contribution in [2.45, 2.75) is 77.4 Å². The zero-order chi connectivity index (χ0) is 19.2. The average Bonchev–Trinajstić information content (AvgIpc) is 2.98. The Morgan fingerprint density at radius 3 is 2.63 bits per heavy atom. The van der Waals surface area contributed by atoms with Gasteiger partial charge in [-0.25, -0.2) is 0 Å². The van der Waals surface area contributed by atoms with Crippen molar-refractivity contribution in [3.05, 3.63) is 21.9 Å². The van der Waals surface area contributed by atoms with Gasteiger partial charge in [-0.2, -0.15) is 0 Å². The SMILES string of the molecule is CCCC(NC(=O)C(C)N1CCCCCC1)C(=O)N1CCc2sccc2C1. The monoisotopic (exact) mass is 391 g/mol. The lowest BCUT2D eigenvalue weighted by atomic mass is 10.1. The van der Waals surface area contributed by atoms with Gasteiger partial charge >= 0.3 is 0 Å². The van der Waals surface area contributed by atoms with Crippen LogP contribution in [0.5, 0.6) is 0 Å². The van der Waals surface area contributed by atoms with Gasteiger partial charge in [0.1, 0.15) is 6.04 Å². The molecule has 1 aromatic heterocycles. The van der Waals surface area contributed by atoms with E-state index in [2.05, 4.69) is 28.6 Å². The molecule has 2 amide bonds. The molecule has 2 atom stereocenters. The Hall–Kier alpha value is -1.40. The minimum Gasteiger partial charge on any atom is -0.343 e. The van der Waals surface area contributed by atoms with Gasteiger partial charge < -0.3 is 10.2 Å². The van der Waals surface area contributed by atoms with Crippen LogP contribution in [0.3, 0.4) is 0 Å². The highest BCUT2D eigenvalue weighted by atomic mass is 32.1. The summed E-state index contributed by atoms with van der Waals surface area (Å²) in [6, 6.07) is 1.55. The lowest BCUT2D eigenvalue weighted by Gasteiger charge is -2.32. The summed E-state index contributed by atoms with van der Waals surface area (Å²) < 4.78 is 0. The number of rotatable bonds is 6. The topological polar surface area (TPSA) is 52.7 Å². The van der Waals surface area contributed by atoms with Crippen LogP contribution in [-0.2, 0) is 22.6 Å². The zero-order valence-electron chi connectivity index (χ0n) is 16.7. The normalized spacial score (nSPS) is 20.4. The second-order valence-corrected chi connectivity index (χ2v) is 8.86. The van der Waals surface area contributed by atoms with E-state index in [0.29, 0.717) is 13.0 Å². The Balaban J connectivity index is 1.60. The van der Waals surface area contributed by atoms with Crippen molar-refractivity contribution in [2.75, 3.05) is 19.6 Å². The Kier molecular flexibility index (Phi) is 7.30. The number of carbonyl (C=O) groups is 2. The van der Waals surface area contributed by atoms with E-state index in [1.165, 1.54) is 23.3 Å². The van der Waals surface area contributed by atoms with E-state index in [0.717, 1.165) is 45.3 Å². The predicted molar refractivity (Wildman–Crippen MR) is 110 cm³/mol. The van der Waals surface area contributed by atoms with Gasteiger partial charge in [-0.3, -0.25) is 14.5 Å². The Labute approximate surface area is 167 Å². The first-order chi connectivity index (χ1) is 13.1. The summed E-state index contributed by atoms with van der Waals surface area (Å²) in [6.07, 6.45) is 7.33. The Morgan fingerprint density at radius 2 is 1.93 bits per heavy atom. The maximum absolute atomic E-state index is 13.1. The van der Waals surface area contributed by atoms with Crippen molar-refractivity contribution < 1.29 is 9.59 Å². The number of likely N-dealkylation sites (tertiary alicyclic amines) is 1. The molecule has 0 spiro atoms. The first-order valence-corrected chi connectivity index (χ1v) is 11.4. The van der Waals surface area contributed by atoms with Crippen LogP contribution in [0.4, 0.5) is 0 Å². The van der Waals surface area contributed by atoms with Crippen molar-refractivity contribution in [3.8, 4) is 0 Å². The highest BCUT2D eigenvalue weighted by molar-refractivity contribution is 7.10. The van der Waals surface area contributed by atoms with E-state index in [1.807, 2.05) is 11.8 Å². The highest BCUT2D eigenvalue weighted by Crippen LogP contribution is 2.24. The summed E-state index contributed by atoms with van der Waals surface area (Å²) >= 11 is 1.78. The molecular weight excluding hydrogens is 358 g/mol. The van der Waals surface area contributed by atoms with Crippen LogP contribution in [0.2, 0.25) is 0 Å². The zero-order valence-corrected chi connectivity index (χ0v) is 17.5. The number of nitrogens with one attached hydrogen (secondary N) is 1. The molecule has 0 radical (unpaired) electrons. The molecule has 6 heteroatoms. The lowest BCUT2D eigenvalue weighted by molar-refractivity contribution is -0.138. The fourth-order valence-electron chi connectivity index (χ4n) is 4.14. The fraction of sp³-hybridized carbons (Fsp3) is 0.714. The van der Waals surface area contributed by atoms with E-state index < -0.39 is 6.04 Å². The molecule has 1 saturated heterocycles. The molecule has 1 aromatic rings. The number of fused-ring (bicyclic) bond motifs is 1. The van der Waals surface area contributed by atoms with E-state index in [9.17, 15) is 9.59 Å². The summed E-state index contributed by atoms with van der Waals surface area (Å²) in [5, 5.41) is 5.19. The van der Waals surface area contributed by atoms with Crippen molar-refractivity contribution in [3.63, 3.8) is 0 Å². The first kappa shape index (κ1) is 20.3. The third kappa shape index (κ3) is 5.11. The minimum atomic E-state index is -0.405. The Bertz CT molecular complexity index is 637. The quantitative estimate of drug-likeness (QED) is 0.810. The lowest BCUT2D eigenvalue weighted by Crippen LogP contribution is -2.54. The largest absolute Gasteiger partial charge is 0.343 e. The van der Waals surface area contributed by atoms with Crippen molar-refractivity contribution in [1.82, 2.24) is 15.1 Å². The summed E-state index contributed by atoms with van der Waals surface area (Å²) in [6.45, 7) is 7.44. The molecule has 150 valence electrons. The molecule has 1 N–H and O–H groups in total. The van der Waals surface area contributed by atoms with Crippen LogP contribution in [0, 0.1) is 0 Å². The number of carbonyl (C=O) groups excluding carboxylic acids is 2. The van der Waals surface area contributed by atoms with Crippen molar-refractivity contribution in [1.29, 1.82) is 0 Å². The second-order valence-electron chi connectivity index (χ2n) is 7.85. The summed E-state index contributed by atoms with van der Waals surface area (Å²) in [5.41, 5.74) is 1.26. The number of amides is 2. The van der Waals surface area contributed by atoms with E-state index in [1.54, 1.807) is 11.3 Å². The third-order valence-electron chi connectivity index (χ3n) is 5.88. The molecule has 2 aliphatic heterocycles. The van der Waals surface area contributed by atoms with Gasteiger partial charge in [0.25, 0.3) is 0 Å². The maximum atomic E-state index is 13.1. The van der Waals surface area contributed by atoms with Crippen LogP contribution in [0.15, 0.2) is 11.4 Å². The predicted octanol–water partition coefficient (Wildman–Crippen LogP) is 3.18. The number of hydrogen-bond acceptors (Lipinski definition) is 4. The smallest absolute Gasteiger partial charge is 0.245 e. The van der Waals surface area contributed by atoms with Gasteiger partial charge in [-0.15, -0.1) is 11.3 Å². The van der Waals surface area contributed by atoms with Crippen molar-refractivity contribution >= 4 is 23.2 Å². The van der Waals surface area contributed by atoms with Crippen LogP contribution < -0.4 is 5.32 Å². The molecule has 0 aliphatic carbocycles. The minimum absolute atomic E-state index is 0.00284. The van der Waals surface area contributed by atoms with Crippen molar-refractivity contribution in [2.24, 2.45) is 0 Å². The number of thiophene rings is 1. The van der Waals surface area contributed by atoms with Gasteiger partial charge in [0, 0.05) is 18.0 Å². The second kappa shape index (κ2) is 9.69. The summed E-state index contributed by atoms with van der Waals surface area (Å²) in [7, 11) is 0. The van der Waals surface area contributed by atoms with Gasteiger partial charge in [0.05, 0.1) is 6.04 Å².